The van der Waals surface area contributed by atoms with Gasteiger partial charge in [0.2, 0.25) is 11.9 Å². The fourth-order valence-corrected chi connectivity index (χ4v) is 2.59. The predicted molar refractivity (Wildman–Crippen MR) is 100 cm³/mol. The molecular formula is C19H24N6O. The maximum atomic E-state index is 12.5. The minimum absolute atomic E-state index is 0.0583. The molecule has 0 atom stereocenters. The van der Waals surface area contributed by atoms with Gasteiger partial charge in [0.1, 0.15) is 5.82 Å². The van der Waals surface area contributed by atoms with Crippen molar-refractivity contribution >= 4 is 17.9 Å². The van der Waals surface area contributed by atoms with Gasteiger partial charge >= 0.3 is 0 Å². The summed E-state index contributed by atoms with van der Waals surface area (Å²) in [6, 6.07) is 0. The zero-order chi connectivity index (χ0) is 18.9. The second-order valence-electron chi connectivity index (χ2n) is 7.65. The smallest absolute Gasteiger partial charge is 0.247 e. The van der Waals surface area contributed by atoms with Gasteiger partial charge in [-0.2, -0.15) is 0 Å². The number of fused-ring (bicyclic) bond motifs is 1. The molecule has 0 radical (unpaired) electrons. The third-order valence-electron chi connectivity index (χ3n) is 4.12. The number of aromatic nitrogens is 4. The first-order valence-electron chi connectivity index (χ1n) is 8.55. The molecule has 3 rings (SSSR count). The summed E-state index contributed by atoms with van der Waals surface area (Å²) in [4.78, 5) is 33.6. The second kappa shape index (κ2) is 6.82. The van der Waals surface area contributed by atoms with Crippen LogP contribution in [0.4, 0.5) is 5.95 Å². The monoisotopic (exact) mass is 352 g/mol. The summed E-state index contributed by atoms with van der Waals surface area (Å²) in [5, 5.41) is 0. The summed E-state index contributed by atoms with van der Waals surface area (Å²) < 4.78 is 0. The molecule has 0 saturated carbocycles. The number of hydrogen-bond donors (Lipinski definition) is 0. The molecule has 0 aromatic carbocycles. The average molecular weight is 352 g/mol. The minimum Gasteiger partial charge on any atom is -0.347 e. The molecule has 7 nitrogen and oxygen atoms in total. The lowest BCUT2D eigenvalue weighted by Gasteiger charge is -2.16. The van der Waals surface area contributed by atoms with Crippen molar-refractivity contribution in [1.29, 1.82) is 0 Å². The Kier molecular flexibility index (Phi) is 4.71. The Bertz CT molecular complexity index is 836. The average Bonchev–Trinajstić information content (AvgIpc) is 3.02. The van der Waals surface area contributed by atoms with Crippen LogP contribution in [0.2, 0.25) is 0 Å². The van der Waals surface area contributed by atoms with Crippen molar-refractivity contribution in [2.75, 3.05) is 19.0 Å². The molecule has 0 unspecified atom stereocenters. The first kappa shape index (κ1) is 18.0. The Hall–Kier alpha value is -2.83. The number of carbonyl (C=O) groups excluding carboxylic acids is 1. The molecule has 26 heavy (non-hydrogen) atoms. The van der Waals surface area contributed by atoms with Crippen LogP contribution in [0.25, 0.3) is 6.08 Å². The lowest BCUT2D eigenvalue weighted by atomic mass is 9.95. The lowest BCUT2D eigenvalue weighted by Crippen LogP contribution is -2.23. The van der Waals surface area contributed by atoms with Crippen molar-refractivity contribution < 1.29 is 4.79 Å². The van der Waals surface area contributed by atoms with Gasteiger partial charge in [-0.15, -0.1) is 0 Å². The summed E-state index contributed by atoms with van der Waals surface area (Å²) in [5.41, 5.74) is 2.63. The summed E-state index contributed by atoms with van der Waals surface area (Å²) in [7, 11) is 3.76. The lowest BCUT2D eigenvalue weighted by molar-refractivity contribution is -0.126. The van der Waals surface area contributed by atoms with Crippen LogP contribution in [0, 0.1) is 0 Å². The number of carbonyl (C=O) groups is 1. The summed E-state index contributed by atoms with van der Waals surface area (Å²) >= 11 is 0. The normalized spacial score (nSPS) is 14.0. The summed E-state index contributed by atoms with van der Waals surface area (Å²) in [6.07, 6.45) is 8.53. The topological polar surface area (TPSA) is 75.1 Å². The van der Waals surface area contributed by atoms with Crippen LogP contribution in [0.3, 0.4) is 0 Å². The minimum atomic E-state index is -0.106. The fourth-order valence-electron chi connectivity index (χ4n) is 2.59. The Labute approximate surface area is 153 Å². The summed E-state index contributed by atoms with van der Waals surface area (Å²) in [5.74, 6) is 1.38. The maximum absolute atomic E-state index is 12.5. The SMILES string of the molecule is CN(C)c1ncc(/C=C/C(=O)N2Cc3cnc(C(C)(C)C)nc3C2)cn1. The highest BCUT2D eigenvalue weighted by Gasteiger charge is 2.26. The molecule has 0 fully saturated rings. The molecule has 1 amide bonds. The molecule has 1 aliphatic rings. The third-order valence-corrected chi connectivity index (χ3v) is 4.12. The first-order chi connectivity index (χ1) is 12.2. The van der Waals surface area contributed by atoms with Crippen LogP contribution < -0.4 is 4.90 Å². The van der Waals surface area contributed by atoms with E-state index in [4.69, 9.17) is 0 Å². The zero-order valence-corrected chi connectivity index (χ0v) is 15.9. The Morgan fingerprint density at radius 1 is 1.12 bits per heavy atom. The molecule has 0 bridgehead atoms. The van der Waals surface area contributed by atoms with Crippen molar-refractivity contribution in [2.24, 2.45) is 0 Å². The van der Waals surface area contributed by atoms with Crippen LogP contribution in [0.15, 0.2) is 24.7 Å². The third kappa shape index (κ3) is 3.87. The van der Waals surface area contributed by atoms with E-state index in [1.54, 1.807) is 29.4 Å². The molecular weight excluding hydrogens is 328 g/mol. The number of hydrogen-bond acceptors (Lipinski definition) is 6. The molecule has 136 valence electrons. The van der Waals surface area contributed by atoms with E-state index in [1.807, 2.05) is 25.2 Å². The molecule has 2 aromatic rings. The predicted octanol–water partition coefficient (Wildman–Crippen LogP) is 2.19. The van der Waals surface area contributed by atoms with E-state index in [9.17, 15) is 4.79 Å². The van der Waals surface area contributed by atoms with E-state index in [0.29, 0.717) is 19.0 Å². The summed E-state index contributed by atoms with van der Waals surface area (Å²) in [6.45, 7) is 7.30. The van der Waals surface area contributed by atoms with Gasteiger partial charge in [-0.25, -0.2) is 19.9 Å². The highest BCUT2D eigenvalue weighted by Crippen LogP contribution is 2.24. The molecule has 1 aliphatic heterocycles. The van der Waals surface area contributed by atoms with E-state index in [-0.39, 0.29) is 11.3 Å². The van der Waals surface area contributed by atoms with Crippen LogP contribution in [0.5, 0.6) is 0 Å². The molecule has 7 heteroatoms. The van der Waals surface area contributed by atoms with Gasteiger partial charge < -0.3 is 9.80 Å². The Morgan fingerprint density at radius 3 is 2.42 bits per heavy atom. The van der Waals surface area contributed by atoms with Gasteiger partial charge in [0.15, 0.2) is 0 Å². The van der Waals surface area contributed by atoms with E-state index >= 15 is 0 Å². The molecule has 0 N–H and O–H groups in total. The van der Waals surface area contributed by atoms with Crippen LogP contribution in [-0.4, -0.2) is 44.8 Å². The van der Waals surface area contributed by atoms with Gasteiger partial charge in [0.25, 0.3) is 0 Å². The maximum Gasteiger partial charge on any atom is 0.247 e. The van der Waals surface area contributed by atoms with Crippen molar-refractivity contribution in [2.45, 2.75) is 39.3 Å². The Morgan fingerprint density at radius 2 is 1.81 bits per heavy atom. The van der Waals surface area contributed by atoms with Crippen molar-refractivity contribution in [3.8, 4) is 0 Å². The number of amides is 1. The number of anilines is 1. The Balaban J connectivity index is 1.67. The van der Waals surface area contributed by atoms with E-state index in [2.05, 4.69) is 40.7 Å². The first-order valence-corrected chi connectivity index (χ1v) is 8.55. The van der Waals surface area contributed by atoms with Crippen LogP contribution >= 0.6 is 0 Å². The molecule has 0 saturated heterocycles. The molecule has 3 heterocycles. The second-order valence-corrected chi connectivity index (χ2v) is 7.65. The fraction of sp³-hybridized carbons (Fsp3) is 0.421. The zero-order valence-electron chi connectivity index (χ0n) is 15.9. The quantitative estimate of drug-likeness (QED) is 0.788. The molecule has 0 aliphatic carbocycles. The van der Waals surface area contributed by atoms with E-state index in [0.717, 1.165) is 22.6 Å². The van der Waals surface area contributed by atoms with E-state index < -0.39 is 0 Å². The molecule has 2 aromatic heterocycles. The largest absolute Gasteiger partial charge is 0.347 e. The van der Waals surface area contributed by atoms with Gasteiger partial charge in [-0.3, -0.25) is 4.79 Å². The van der Waals surface area contributed by atoms with E-state index in [1.165, 1.54) is 0 Å². The van der Waals surface area contributed by atoms with Crippen LogP contribution in [0.1, 0.15) is 43.4 Å². The highest BCUT2D eigenvalue weighted by molar-refractivity contribution is 5.92. The van der Waals surface area contributed by atoms with Crippen molar-refractivity contribution in [3.05, 3.63) is 47.3 Å². The standard InChI is InChI=1S/C19H24N6O/c1-19(2,3)17-20-10-14-11-25(12-15(14)23-17)16(26)7-6-13-8-21-18(22-9-13)24(4)5/h6-10H,11-12H2,1-5H3/b7-6+. The number of rotatable bonds is 3. The highest BCUT2D eigenvalue weighted by atomic mass is 16.2. The van der Waals surface area contributed by atoms with Gasteiger partial charge in [-0.1, -0.05) is 20.8 Å². The molecule has 0 spiro atoms. The van der Waals surface area contributed by atoms with Crippen LogP contribution in [-0.2, 0) is 23.3 Å². The van der Waals surface area contributed by atoms with Crippen molar-refractivity contribution in [1.82, 2.24) is 24.8 Å². The van der Waals surface area contributed by atoms with Gasteiger partial charge in [0.05, 0.1) is 12.2 Å². The van der Waals surface area contributed by atoms with Crippen molar-refractivity contribution in [3.63, 3.8) is 0 Å². The van der Waals surface area contributed by atoms with Gasteiger partial charge in [0, 0.05) is 61.8 Å². The number of nitrogens with zero attached hydrogens (tertiary/aromatic N) is 6. The van der Waals surface area contributed by atoms with Gasteiger partial charge in [-0.05, 0) is 6.08 Å².